The van der Waals surface area contributed by atoms with Crippen molar-refractivity contribution in [1.82, 2.24) is 40.0 Å². The van der Waals surface area contributed by atoms with Gasteiger partial charge in [-0.1, -0.05) is 0 Å². The number of tetrazole rings is 1. The summed E-state index contributed by atoms with van der Waals surface area (Å²) in [6.07, 6.45) is 6.01. The molecule has 0 unspecified atom stereocenters. The fourth-order valence-electron chi connectivity index (χ4n) is 2.60. The third-order valence-electron chi connectivity index (χ3n) is 3.85. The number of carbonyl (C=O) groups excluding carboxylic acids is 1. The molecule has 0 atom stereocenters. The molecule has 0 aromatic carbocycles. The smallest absolute Gasteiger partial charge is 0.290 e. The topological polar surface area (TPSA) is 130 Å². The molecular formula is C15H22N8O3. The fourth-order valence-corrected chi connectivity index (χ4v) is 2.60. The van der Waals surface area contributed by atoms with Gasteiger partial charge >= 0.3 is 0 Å². The Balaban J connectivity index is 0.000000758. The predicted octanol–water partition coefficient (Wildman–Crippen LogP) is -0.793. The molecule has 2 aromatic heterocycles. The molecule has 1 saturated heterocycles. The lowest BCUT2D eigenvalue weighted by Gasteiger charge is -2.21. The van der Waals surface area contributed by atoms with Crippen LogP contribution in [-0.4, -0.2) is 83.6 Å². The van der Waals surface area contributed by atoms with Gasteiger partial charge in [0.25, 0.3) is 6.47 Å². The highest BCUT2D eigenvalue weighted by Gasteiger charge is 2.20. The number of nitrogens with zero attached hydrogens (tertiary/aromatic N) is 8. The average Bonchev–Trinajstić information content (AvgIpc) is 3.02. The minimum atomic E-state index is -0.250. The van der Waals surface area contributed by atoms with E-state index in [9.17, 15) is 4.79 Å². The van der Waals surface area contributed by atoms with Crippen molar-refractivity contribution in [1.29, 1.82) is 0 Å². The molecule has 1 aliphatic heterocycles. The number of aryl methyl sites for hydroxylation is 1. The molecule has 1 N–H and O–H groups in total. The monoisotopic (exact) mass is 362 g/mol. The molecule has 2 aromatic rings. The van der Waals surface area contributed by atoms with E-state index >= 15 is 0 Å². The van der Waals surface area contributed by atoms with Crippen LogP contribution in [0.5, 0.6) is 0 Å². The molecule has 1 aliphatic rings. The van der Waals surface area contributed by atoms with E-state index in [-0.39, 0.29) is 18.9 Å². The van der Waals surface area contributed by atoms with Crippen LogP contribution in [0.25, 0.3) is 0 Å². The number of hydrogen-bond acceptors (Lipinski definition) is 8. The second-order valence-corrected chi connectivity index (χ2v) is 5.77. The van der Waals surface area contributed by atoms with Crippen molar-refractivity contribution in [3.8, 4) is 0 Å². The molecule has 0 spiro atoms. The molecule has 0 aliphatic carbocycles. The van der Waals surface area contributed by atoms with Gasteiger partial charge in [0.05, 0.1) is 11.4 Å². The number of aromatic nitrogens is 6. The summed E-state index contributed by atoms with van der Waals surface area (Å²) in [5, 5.41) is 17.7. The summed E-state index contributed by atoms with van der Waals surface area (Å²) in [4.78, 5) is 33.5. The third-order valence-corrected chi connectivity index (χ3v) is 3.85. The number of hydrogen-bond donors (Lipinski definition) is 1. The van der Waals surface area contributed by atoms with Gasteiger partial charge in [0.1, 0.15) is 12.9 Å². The number of carbonyl (C=O) groups is 2. The van der Waals surface area contributed by atoms with E-state index in [1.807, 2.05) is 18.0 Å². The lowest BCUT2D eigenvalue weighted by atomic mass is 10.3. The Hall–Kier alpha value is -2.95. The molecule has 3 rings (SSSR count). The van der Waals surface area contributed by atoms with Crippen molar-refractivity contribution in [2.24, 2.45) is 0 Å². The summed E-state index contributed by atoms with van der Waals surface area (Å²) in [5.74, 6) is 0.0503. The third kappa shape index (κ3) is 6.16. The summed E-state index contributed by atoms with van der Waals surface area (Å²) < 4.78 is 1.45. The Morgan fingerprint density at radius 1 is 1.23 bits per heavy atom. The Kier molecular flexibility index (Phi) is 7.55. The summed E-state index contributed by atoms with van der Waals surface area (Å²) in [6, 6.07) is 0. The van der Waals surface area contributed by atoms with Gasteiger partial charge in [0.2, 0.25) is 5.91 Å². The van der Waals surface area contributed by atoms with Crippen LogP contribution in [0.2, 0.25) is 0 Å². The minimum Gasteiger partial charge on any atom is -0.483 e. The van der Waals surface area contributed by atoms with Crippen LogP contribution in [-0.2, 0) is 22.7 Å². The molecular weight excluding hydrogens is 340 g/mol. The van der Waals surface area contributed by atoms with Gasteiger partial charge in [-0.25, -0.2) is 4.68 Å². The summed E-state index contributed by atoms with van der Waals surface area (Å²) in [6.45, 7) is 5.88. The normalized spacial score (nSPS) is 14.9. The first-order chi connectivity index (χ1) is 12.6. The number of rotatable bonds is 4. The maximum atomic E-state index is 12.3. The van der Waals surface area contributed by atoms with E-state index in [4.69, 9.17) is 9.90 Å². The second kappa shape index (κ2) is 10.1. The van der Waals surface area contributed by atoms with Crippen molar-refractivity contribution in [3.63, 3.8) is 0 Å². The minimum absolute atomic E-state index is 0.0503. The van der Waals surface area contributed by atoms with Crippen molar-refractivity contribution in [2.45, 2.75) is 26.4 Å². The summed E-state index contributed by atoms with van der Waals surface area (Å²) in [5.41, 5.74) is 1.88. The largest absolute Gasteiger partial charge is 0.483 e. The molecule has 1 fully saturated rings. The Morgan fingerprint density at radius 2 is 2.04 bits per heavy atom. The van der Waals surface area contributed by atoms with Crippen LogP contribution in [0.3, 0.4) is 0 Å². The highest BCUT2D eigenvalue weighted by atomic mass is 16.3. The van der Waals surface area contributed by atoms with Crippen molar-refractivity contribution < 1.29 is 14.7 Å². The van der Waals surface area contributed by atoms with E-state index in [0.29, 0.717) is 6.54 Å². The van der Waals surface area contributed by atoms with Crippen molar-refractivity contribution in [2.75, 3.05) is 26.2 Å². The molecule has 140 valence electrons. The molecule has 11 nitrogen and oxygen atoms in total. The molecule has 0 radical (unpaired) electrons. The van der Waals surface area contributed by atoms with Gasteiger partial charge in [-0.05, 0) is 23.8 Å². The predicted molar refractivity (Wildman–Crippen MR) is 89.8 cm³/mol. The molecule has 11 heteroatoms. The van der Waals surface area contributed by atoms with E-state index in [2.05, 4.69) is 30.4 Å². The first-order valence-corrected chi connectivity index (χ1v) is 8.18. The Morgan fingerprint density at radius 3 is 2.69 bits per heavy atom. The SMILES string of the molecule is Cc1cnc(CN2CCCN(C(=O)Cn3cnnn3)CC2)cn1.O=CO. The van der Waals surface area contributed by atoms with E-state index < -0.39 is 0 Å². The van der Waals surface area contributed by atoms with E-state index in [1.165, 1.54) is 11.0 Å². The van der Waals surface area contributed by atoms with Crippen LogP contribution in [0, 0.1) is 6.92 Å². The molecule has 0 bridgehead atoms. The zero-order valence-corrected chi connectivity index (χ0v) is 14.6. The van der Waals surface area contributed by atoms with Gasteiger partial charge in [-0.15, -0.1) is 5.10 Å². The fraction of sp³-hybridized carbons (Fsp3) is 0.533. The van der Waals surface area contributed by atoms with Gasteiger partial charge in [-0.2, -0.15) is 0 Å². The molecule has 1 amide bonds. The van der Waals surface area contributed by atoms with Crippen LogP contribution < -0.4 is 0 Å². The van der Waals surface area contributed by atoms with Gasteiger partial charge in [0.15, 0.2) is 0 Å². The highest BCUT2D eigenvalue weighted by Crippen LogP contribution is 2.08. The van der Waals surface area contributed by atoms with Crippen LogP contribution in [0.15, 0.2) is 18.7 Å². The van der Waals surface area contributed by atoms with Crippen LogP contribution in [0.1, 0.15) is 17.8 Å². The van der Waals surface area contributed by atoms with Crippen LogP contribution in [0.4, 0.5) is 0 Å². The standard InChI is InChI=1S/C14H20N8O.CH2O2/c1-12-7-16-13(8-15-12)9-20-3-2-4-21(6-5-20)14(23)10-22-11-17-18-19-22;2-1-3/h7-8,11H,2-6,9-10H2,1H3;1H,(H,2,3). The zero-order valence-electron chi connectivity index (χ0n) is 14.6. The second-order valence-electron chi connectivity index (χ2n) is 5.77. The lowest BCUT2D eigenvalue weighted by molar-refractivity contribution is -0.132. The first kappa shape index (κ1) is 19.4. The first-order valence-electron chi connectivity index (χ1n) is 8.18. The summed E-state index contributed by atoms with van der Waals surface area (Å²) >= 11 is 0. The molecule has 0 saturated carbocycles. The Bertz CT molecular complexity index is 677. The maximum Gasteiger partial charge on any atom is 0.290 e. The van der Waals surface area contributed by atoms with Crippen molar-refractivity contribution in [3.05, 3.63) is 30.1 Å². The summed E-state index contributed by atoms with van der Waals surface area (Å²) in [7, 11) is 0. The molecule has 26 heavy (non-hydrogen) atoms. The van der Waals surface area contributed by atoms with E-state index in [1.54, 1.807) is 6.20 Å². The number of carboxylic acid groups (broad SMARTS) is 1. The van der Waals surface area contributed by atoms with Gasteiger partial charge in [-0.3, -0.25) is 24.5 Å². The molecule has 3 heterocycles. The Labute approximate surface area is 150 Å². The van der Waals surface area contributed by atoms with E-state index in [0.717, 1.165) is 44.0 Å². The quantitative estimate of drug-likeness (QED) is 0.695. The maximum absolute atomic E-state index is 12.3. The average molecular weight is 362 g/mol. The van der Waals surface area contributed by atoms with Gasteiger partial charge in [0, 0.05) is 45.1 Å². The zero-order chi connectivity index (χ0) is 18.8. The lowest BCUT2D eigenvalue weighted by Crippen LogP contribution is -2.37. The number of amides is 1. The van der Waals surface area contributed by atoms with Crippen molar-refractivity contribution >= 4 is 12.4 Å². The van der Waals surface area contributed by atoms with Crippen LogP contribution >= 0.6 is 0 Å². The van der Waals surface area contributed by atoms with Gasteiger partial charge < -0.3 is 10.0 Å². The highest BCUT2D eigenvalue weighted by molar-refractivity contribution is 5.75.